The Balaban J connectivity index is 1.36. The van der Waals surface area contributed by atoms with Crippen LogP contribution in [0.3, 0.4) is 0 Å². The Labute approximate surface area is 371 Å². The van der Waals surface area contributed by atoms with Gasteiger partial charge in [0.25, 0.3) is 5.91 Å². The number of H-pyrrole nitrogens is 1. The first-order chi connectivity index (χ1) is 30.7. The number of fused-ring (bicyclic) bond motifs is 1. The Morgan fingerprint density at radius 3 is 2.09 bits per heavy atom. The molecule has 3 aromatic carbocycles. The molecule has 338 valence electrons. The van der Waals surface area contributed by atoms with Crippen LogP contribution >= 0.6 is 0 Å². The van der Waals surface area contributed by atoms with Gasteiger partial charge in [-0.1, -0.05) is 70.2 Å². The van der Waals surface area contributed by atoms with Gasteiger partial charge in [0.1, 0.15) is 36.2 Å². The van der Waals surface area contributed by atoms with E-state index in [1.54, 1.807) is 61.8 Å². The number of aromatic amines is 1. The Bertz CT molecular complexity index is 2400. The highest BCUT2D eigenvalue weighted by Gasteiger charge is 2.34. The van der Waals surface area contributed by atoms with E-state index in [1.807, 2.05) is 52.0 Å². The Morgan fingerprint density at radius 2 is 1.42 bits per heavy atom. The number of hydrogen-bond donors (Lipinski definition) is 6. The molecule has 6 N–H and O–H groups in total. The van der Waals surface area contributed by atoms with Gasteiger partial charge in [-0.15, -0.1) is 5.10 Å². The molecule has 18 heteroatoms. The molecule has 0 radical (unpaired) electrons. The minimum atomic E-state index is -1.20. The maximum Gasteiger partial charge on any atom is 0.254 e. The number of rotatable bonds is 11. The highest BCUT2D eigenvalue weighted by Crippen LogP contribution is 2.20. The van der Waals surface area contributed by atoms with Crippen LogP contribution in [-0.2, 0) is 43.4 Å². The Hall–Kier alpha value is -7.11. The van der Waals surface area contributed by atoms with Gasteiger partial charge in [0.15, 0.2) is 0 Å². The fraction of sp³-hybridized carbons (Fsp3) is 0.413. The molecule has 2 aromatic heterocycles. The minimum absolute atomic E-state index is 0.0410. The van der Waals surface area contributed by atoms with Crippen LogP contribution in [0.5, 0.6) is 5.75 Å². The van der Waals surface area contributed by atoms with Gasteiger partial charge in [-0.3, -0.25) is 28.8 Å². The summed E-state index contributed by atoms with van der Waals surface area (Å²) >= 11 is 0. The maximum atomic E-state index is 14.5. The molecule has 64 heavy (non-hydrogen) atoms. The molecule has 0 aliphatic carbocycles. The standard InChI is InChI=1S/C46H57N11O7/c1-27(2)19-37-44(61)52-38(20-30-13-17-34(64-6)18-14-30)43(60)49-29(5)42(59)53-40(28(3)4)24-56(46(63)32-15-11-31(12-16-32)23-57-26-48-54-55-57)25-41(58)50-39(45(62)51-37)21-33-22-47-36-10-8-7-9-35(33)36/h7-18,22,26-29,37-40,47H,19-21,23-25H2,1-6H3,(H,49,60)(H,50,58)(H,51,62)(H,52,61)(H,53,59)/t29-,37+,38+,39-,40-/m1/s1. The van der Waals surface area contributed by atoms with Gasteiger partial charge >= 0.3 is 0 Å². The number of aromatic nitrogens is 5. The lowest BCUT2D eigenvalue weighted by Crippen LogP contribution is -2.60. The largest absolute Gasteiger partial charge is 0.497 e. The van der Waals surface area contributed by atoms with E-state index in [9.17, 15) is 28.8 Å². The van der Waals surface area contributed by atoms with Crippen LogP contribution in [0.15, 0.2) is 85.3 Å². The van der Waals surface area contributed by atoms with Gasteiger partial charge in [0.2, 0.25) is 29.5 Å². The first-order valence-electron chi connectivity index (χ1n) is 21.4. The summed E-state index contributed by atoms with van der Waals surface area (Å²) < 4.78 is 6.84. The zero-order chi connectivity index (χ0) is 45.9. The topological polar surface area (TPSA) is 234 Å². The molecule has 1 aliphatic rings. The average Bonchev–Trinajstić information content (AvgIpc) is 3.94. The number of nitrogens with zero attached hydrogens (tertiary/aromatic N) is 5. The van der Waals surface area contributed by atoms with E-state index in [2.05, 4.69) is 47.1 Å². The van der Waals surface area contributed by atoms with Crippen LogP contribution in [0.4, 0.5) is 0 Å². The third kappa shape index (κ3) is 12.3. The van der Waals surface area contributed by atoms with Crippen molar-refractivity contribution in [3.05, 3.63) is 108 Å². The maximum absolute atomic E-state index is 14.5. The van der Waals surface area contributed by atoms with Crippen molar-refractivity contribution in [2.45, 2.75) is 90.6 Å². The summed E-state index contributed by atoms with van der Waals surface area (Å²) in [5.41, 5.74) is 3.39. The molecule has 0 unspecified atom stereocenters. The number of carbonyl (C=O) groups is 6. The second kappa shape index (κ2) is 21.3. The van der Waals surface area contributed by atoms with Crippen molar-refractivity contribution < 1.29 is 33.5 Å². The van der Waals surface area contributed by atoms with Gasteiger partial charge < -0.3 is 41.2 Å². The van der Waals surface area contributed by atoms with Crippen molar-refractivity contribution in [1.82, 2.24) is 56.7 Å². The molecular formula is C46H57N11O7. The molecule has 6 rings (SSSR count). The number of benzene rings is 3. The van der Waals surface area contributed by atoms with E-state index in [1.165, 1.54) is 22.8 Å². The zero-order valence-corrected chi connectivity index (χ0v) is 37.0. The predicted molar refractivity (Wildman–Crippen MR) is 238 cm³/mol. The van der Waals surface area contributed by atoms with E-state index in [0.717, 1.165) is 22.0 Å². The fourth-order valence-corrected chi connectivity index (χ4v) is 7.54. The lowest BCUT2D eigenvalue weighted by atomic mass is 9.99. The number of para-hydroxylation sites is 1. The summed E-state index contributed by atoms with van der Waals surface area (Å²) in [6, 6.07) is 16.2. The first kappa shape index (κ1) is 46.4. The lowest BCUT2D eigenvalue weighted by molar-refractivity contribution is -0.135. The number of ether oxygens (including phenoxy) is 1. The molecule has 0 bridgehead atoms. The average molecular weight is 876 g/mol. The number of carbonyl (C=O) groups excluding carboxylic acids is 6. The molecule has 3 heterocycles. The summed E-state index contributed by atoms with van der Waals surface area (Å²) in [5, 5.41) is 26.4. The predicted octanol–water partition coefficient (Wildman–Crippen LogP) is 2.30. The van der Waals surface area contributed by atoms with Crippen LogP contribution in [0.2, 0.25) is 0 Å². The van der Waals surface area contributed by atoms with E-state index < -0.39 is 72.2 Å². The van der Waals surface area contributed by atoms with Crippen molar-refractivity contribution in [3.8, 4) is 5.75 Å². The van der Waals surface area contributed by atoms with Crippen LogP contribution in [0, 0.1) is 11.8 Å². The van der Waals surface area contributed by atoms with Gasteiger partial charge in [-0.25, -0.2) is 4.68 Å². The van der Waals surface area contributed by atoms with Crippen LogP contribution in [-0.4, -0.2) is 116 Å². The molecule has 1 saturated heterocycles. The molecular weight excluding hydrogens is 819 g/mol. The van der Waals surface area contributed by atoms with Crippen LogP contribution in [0.25, 0.3) is 10.9 Å². The molecule has 1 fully saturated rings. The van der Waals surface area contributed by atoms with E-state index in [0.29, 0.717) is 17.9 Å². The number of tetrazole rings is 1. The molecule has 5 aromatic rings. The molecule has 1 aliphatic heterocycles. The molecule has 6 amide bonds. The first-order valence-corrected chi connectivity index (χ1v) is 21.4. The molecule has 18 nitrogen and oxygen atoms in total. The van der Waals surface area contributed by atoms with Crippen molar-refractivity contribution >= 4 is 46.3 Å². The monoisotopic (exact) mass is 875 g/mol. The van der Waals surface area contributed by atoms with E-state index in [-0.39, 0.29) is 43.2 Å². The normalized spacial score (nSPS) is 20.8. The molecule has 5 atom stereocenters. The second-order valence-electron chi connectivity index (χ2n) is 17.0. The lowest BCUT2D eigenvalue weighted by Gasteiger charge is -2.32. The third-order valence-corrected chi connectivity index (χ3v) is 11.2. The number of amides is 6. The summed E-state index contributed by atoms with van der Waals surface area (Å²) in [5.74, 6) is -3.23. The fourth-order valence-electron chi connectivity index (χ4n) is 7.54. The summed E-state index contributed by atoms with van der Waals surface area (Å²) in [6.07, 6.45) is 3.55. The zero-order valence-electron chi connectivity index (χ0n) is 37.0. The number of methoxy groups -OCH3 is 1. The minimum Gasteiger partial charge on any atom is -0.497 e. The number of nitrogens with one attached hydrogen (secondary N) is 6. The molecule has 0 spiro atoms. The summed E-state index contributed by atoms with van der Waals surface area (Å²) in [4.78, 5) is 90.0. The quantitative estimate of drug-likeness (QED) is 0.113. The second-order valence-corrected chi connectivity index (χ2v) is 17.0. The summed E-state index contributed by atoms with van der Waals surface area (Å²) in [7, 11) is 1.54. The van der Waals surface area contributed by atoms with E-state index >= 15 is 0 Å². The van der Waals surface area contributed by atoms with Gasteiger partial charge in [-0.05, 0) is 82.6 Å². The van der Waals surface area contributed by atoms with Crippen molar-refractivity contribution in [3.63, 3.8) is 0 Å². The SMILES string of the molecule is COc1ccc(C[C@@H]2NC(=O)[C@H](CC(C)C)NC(=O)[C@@H](Cc3c[nH]c4ccccc34)NC(=O)CN(C(=O)c3ccc(Cn4cnnn4)cc3)C[C@H](C(C)C)NC(=O)[C@@H](C)NC2=O)cc1. The van der Waals surface area contributed by atoms with Gasteiger partial charge in [-0.2, -0.15) is 0 Å². The smallest absolute Gasteiger partial charge is 0.254 e. The van der Waals surface area contributed by atoms with Crippen LogP contribution < -0.4 is 31.3 Å². The highest BCUT2D eigenvalue weighted by atomic mass is 16.5. The van der Waals surface area contributed by atoms with Crippen molar-refractivity contribution in [1.29, 1.82) is 0 Å². The molecule has 0 saturated carbocycles. The Kier molecular flexibility index (Phi) is 15.4. The van der Waals surface area contributed by atoms with E-state index in [4.69, 9.17) is 4.74 Å². The van der Waals surface area contributed by atoms with Crippen LogP contribution in [0.1, 0.15) is 68.1 Å². The van der Waals surface area contributed by atoms with Gasteiger partial charge in [0.05, 0.1) is 20.2 Å². The van der Waals surface area contributed by atoms with Gasteiger partial charge in [0, 0.05) is 48.1 Å². The third-order valence-electron chi connectivity index (χ3n) is 11.2. The van der Waals surface area contributed by atoms with Crippen molar-refractivity contribution in [2.75, 3.05) is 20.2 Å². The number of hydrogen-bond acceptors (Lipinski definition) is 10. The summed E-state index contributed by atoms with van der Waals surface area (Å²) in [6.45, 7) is 8.86. The highest BCUT2D eigenvalue weighted by molar-refractivity contribution is 5.99. The van der Waals surface area contributed by atoms with Crippen molar-refractivity contribution in [2.24, 2.45) is 11.8 Å². The Morgan fingerprint density at radius 1 is 0.766 bits per heavy atom.